The van der Waals surface area contributed by atoms with Gasteiger partial charge in [0.1, 0.15) is 28.8 Å². The number of anilines is 4. The number of hydrogen-bond donors (Lipinski definition) is 0. The van der Waals surface area contributed by atoms with Crippen LogP contribution in [0.15, 0.2) is 210 Å². The fourth-order valence-electron chi connectivity index (χ4n) is 14.3. The molecule has 1 aliphatic carbocycles. The summed E-state index contributed by atoms with van der Waals surface area (Å²) in [5.41, 5.74) is 16.2. The predicted octanol–water partition coefficient (Wildman–Crippen LogP) is 20.3. The van der Waals surface area contributed by atoms with Crippen LogP contribution in [0.25, 0.3) is 93.1 Å². The second kappa shape index (κ2) is 18.3. The van der Waals surface area contributed by atoms with Gasteiger partial charge in [0.25, 0.3) is 0 Å². The maximum Gasteiger partial charge on any atom is 0.159 e. The van der Waals surface area contributed by atoms with Crippen molar-refractivity contribution in [2.45, 2.75) is 65.3 Å². The number of aromatic nitrogens is 2. The van der Waals surface area contributed by atoms with Gasteiger partial charge in [0.2, 0.25) is 0 Å². The highest BCUT2D eigenvalue weighted by Crippen LogP contribution is 2.63. The maximum atomic E-state index is 13.0. The standard InChI is InChI=1S/C76H58N6OS/c1-75(2,3)46-20-19-41-79(67-45(33-35-46)34-37-55-52-25-11-17-31-65(52)83-73(55)67)68-58(43-77)69(80-60-27-13-7-21-48(60)49-22-8-14-28-61(49)80)72(70(59(68)44-78)81-62-29-15-9-23-50(62)51-24-10-16-30-63(51)81)82-64-40-36-47(76(4,5)6)42-57(64)54-38-39-56-53-26-12-18-32-66(53)84-74(56)71(54)82/h7-32,34-40,42,54,71H,33,41H2,1-6H3. The average Bonchev–Trinajstić information content (AvgIpc) is 1.92. The van der Waals surface area contributed by atoms with Gasteiger partial charge in [0.15, 0.2) is 5.58 Å². The number of furan rings is 1. The molecule has 0 amide bonds. The lowest BCUT2D eigenvalue weighted by molar-refractivity contribution is 0.515. The van der Waals surface area contributed by atoms with Crippen LogP contribution in [-0.2, 0) is 11.8 Å². The molecule has 84 heavy (non-hydrogen) atoms. The van der Waals surface area contributed by atoms with Crippen molar-refractivity contribution in [2.75, 3.05) is 16.3 Å². The summed E-state index contributed by atoms with van der Waals surface area (Å²) in [7, 11) is 0. The number of fused-ring (bicyclic) bond motifs is 18. The van der Waals surface area contributed by atoms with Crippen molar-refractivity contribution < 1.29 is 4.42 Å². The lowest BCUT2D eigenvalue weighted by Gasteiger charge is -2.37. The van der Waals surface area contributed by atoms with E-state index in [9.17, 15) is 10.5 Å². The van der Waals surface area contributed by atoms with Gasteiger partial charge >= 0.3 is 0 Å². The first-order chi connectivity index (χ1) is 40.9. The molecule has 16 rings (SSSR count). The summed E-state index contributed by atoms with van der Waals surface area (Å²) in [5.74, 6) is -0.0865. The van der Waals surface area contributed by atoms with Crippen molar-refractivity contribution in [3.63, 3.8) is 0 Å². The molecule has 0 spiro atoms. The van der Waals surface area contributed by atoms with Crippen molar-refractivity contribution in [3.05, 3.63) is 244 Å². The Balaban J connectivity index is 1.16. The van der Waals surface area contributed by atoms with E-state index >= 15 is 0 Å². The Bertz CT molecular complexity index is 4920. The molecule has 3 aliphatic rings. The number of allylic oxidation sites excluding steroid dienone is 3. The summed E-state index contributed by atoms with van der Waals surface area (Å²) in [6.45, 7) is 14.0. The maximum absolute atomic E-state index is 13.0. The summed E-state index contributed by atoms with van der Waals surface area (Å²) in [6.07, 6.45) is 12.2. The Morgan fingerprint density at radius 3 is 1.68 bits per heavy atom. The number of nitriles is 2. The summed E-state index contributed by atoms with van der Waals surface area (Å²) in [4.78, 5) is 6.07. The van der Waals surface area contributed by atoms with Crippen LogP contribution in [0.5, 0.6) is 0 Å². The normalized spacial score (nSPS) is 16.0. The zero-order valence-corrected chi connectivity index (χ0v) is 48.5. The molecule has 2 aliphatic heterocycles. The number of rotatable bonds is 4. The van der Waals surface area contributed by atoms with E-state index in [2.05, 4.69) is 267 Å². The molecule has 0 bridgehead atoms. The Morgan fingerprint density at radius 1 is 0.536 bits per heavy atom. The molecule has 0 saturated carbocycles. The lowest BCUT2D eigenvalue weighted by atomic mass is 9.82. The molecule has 8 heteroatoms. The minimum absolute atomic E-state index is 0.0865. The largest absolute Gasteiger partial charge is 0.454 e. The summed E-state index contributed by atoms with van der Waals surface area (Å²) >= 11 is 1.85. The first-order valence-electron chi connectivity index (χ1n) is 29.1. The fourth-order valence-corrected chi connectivity index (χ4v) is 15.6. The second-order valence-electron chi connectivity index (χ2n) is 24.9. The molecule has 0 saturated heterocycles. The topological polar surface area (TPSA) is 77.1 Å². The Hall–Kier alpha value is -9.86. The third kappa shape index (κ3) is 7.14. The number of benzene rings is 9. The van der Waals surface area contributed by atoms with E-state index in [0.717, 1.165) is 82.6 Å². The molecule has 6 heterocycles. The van der Waals surface area contributed by atoms with Gasteiger partial charge in [-0.3, -0.25) is 0 Å². The van der Waals surface area contributed by atoms with Crippen molar-refractivity contribution in [2.24, 2.45) is 5.41 Å². The van der Waals surface area contributed by atoms with Crippen LogP contribution in [0.1, 0.15) is 91.8 Å². The molecule has 2 unspecified atom stereocenters. The number of para-hydroxylation sites is 5. The van der Waals surface area contributed by atoms with E-state index in [1.54, 1.807) is 0 Å². The first-order valence-corrected chi connectivity index (χ1v) is 30.0. The van der Waals surface area contributed by atoms with Crippen LogP contribution in [-0.4, -0.2) is 15.7 Å². The van der Waals surface area contributed by atoms with Gasteiger partial charge in [-0.15, -0.1) is 11.3 Å². The molecule has 404 valence electrons. The van der Waals surface area contributed by atoms with Crippen molar-refractivity contribution in [1.82, 2.24) is 9.13 Å². The van der Waals surface area contributed by atoms with Crippen molar-refractivity contribution >= 4 is 116 Å². The zero-order valence-electron chi connectivity index (χ0n) is 47.7. The summed E-state index contributed by atoms with van der Waals surface area (Å²) in [6, 6.07) is 68.6. The smallest absolute Gasteiger partial charge is 0.159 e. The van der Waals surface area contributed by atoms with E-state index in [1.807, 2.05) is 23.5 Å². The highest BCUT2D eigenvalue weighted by molar-refractivity contribution is 7.19. The van der Waals surface area contributed by atoms with Crippen LogP contribution in [0, 0.1) is 28.1 Å². The summed E-state index contributed by atoms with van der Waals surface area (Å²) in [5, 5.41) is 33.4. The van der Waals surface area contributed by atoms with E-state index in [4.69, 9.17) is 4.42 Å². The van der Waals surface area contributed by atoms with Gasteiger partial charge in [0.05, 0.1) is 56.5 Å². The molecule has 0 radical (unpaired) electrons. The molecule has 0 N–H and O–H groups in total. The van der Waals surface area contributed by atoms with E-state index in [1.165, 1.54) is 37.2 Å². The predicted molar refractivity (Wildman–Crippen MR) is 349 cm³/mol. The van der Waals surface area contributed by atoms with Crippen LogP contribution in [0.4, 0.5) is 22.7 Å². The Morgan fingerprint density at radius 2 is 1.10 bits per heavy atom. The molecule has 0 fully saturated rings. The summed E-state index contributed by atoms with van der Waals surface area (Å²) < 4.78 is 13.1. The van der Waals surface area contributed by atoms with E-state index in [-0.39, 0.29) is 22.8 Å². The van der Waals surface area contributed by atoms with Gasteiger partial charge in [0, 0.05) is 65.4 Å². The van der Waals surface area contributed by atoms with E-state index in [0.29, 0.717) is 46.7 Å². The van der Waals surface area contributed by atoms with E-state index < -0.39 is 0 Å². The van der Waals surface area contributed by atoms with Crippen LogP contribution in [0.2, 0.25) is 0 Å². The van der Waals surface area contributed by atoms with Crippen LogP contribution in [0.3, 0.4) is 0 Å². The quantitative estimate of drug-likeness (QED) is 0.175. The zero-order chi connectivity index (χ0) is 56.9. The van der Waals surface area contributed by atoms with Gasteiger partial charge in [-0.1, -0.05) is 205 Å². The minimum Gasteiger partial charge on any atom is -0.454 e. The molecule has 9 aromatic carbocycles. The highest BCUT2D eigenvalue weighted by Gasteiger charge is 2.47. The number of hydrogen-bond acceptors (Lipinski definition) is 6. The van der Waals surface area contributed by atoms with Crippen LogP contribution < -0.4 is 9.80 Å². The Labute approximate surface area is 491 Å². The molecular formula is C76H58N6OS. The lowest BCUT2D eigenvalue weighted by Crippen LogP contribution is -2.28. The second-order valence-corrected chi connectivity index (χ2v) is 26.0. The number of thiophene rings is 1. The fraction of sp³-hybridized carbons (Fsp3) is 0.158. The monoisotopic (exact) mass is 1100 g/mol. The van der Waals surface area contributed by atoms with Crippen molar-refractivity contribution in [1.29, 1.82) is 10.5 Å². The molecular weight excluding hydrogens is 1040 g/mol. The number of nitrogens with zero attached hydrogens (tertiary/aromatic N) is 6. The highest BCUT2D eigenvalue weighted by atomic mass is 32.1. The molecule has 2 atom stereocenters. The third-order valence-electron chi connectivity index (χ3n) is 18.1. The average molecular weight is 1100 g/mol. The van der Waals surface area contributed by atoms with Gasteiger partial charge in [-0.2, -0.15) is 10.5 Å². The minimum atomic E-state index is -0.277. The third-order valence-corrected chi connectivity index (χ3v) is 19.4. The molecule has 13 aromatic rings. The van der Waals surface area contributed by atoms with Crippen LogP contribution >= 0.6 is 11.3 Å². The van der Waals surface area contributed by atoms with Gasteiger partial charge < -0.3 is 23.4 Å². The Kier molecular flexibility index (Phi) is 10.9. The first kappa shape index (κ1) is 49.9. The SMILES string of the molecule is CC(C)(C)C1=CCc2ccc3c(oc4ccccc43)c2N(c2c(C#N)c(-n3c4ccccc4c4ccccc43)c(N3c4ccc(C(C)(C)C)cc4C4C=Cc5c(sc6ccccc56)C43)c(-n3c4ccccc4c4ccccc43)c2C#N)CC=C1. The molecule has 7 nitrogen and oxygen atoms in total. The van der Waals surface area contributed by atoms with Crippen molar-refractivity contribution in [3.8, 4) is 23.5 Å². The van der Waals surface area contributed by atoms with Gasteiger partial charge in [-0.05, 0) is 87.5 Å². The van der Waals surface area contributed by atoms with Gasteiger partial charge in [-0.25, -0.2) is 0 Å². The molecule has 4 aromatic heterocycles.